The predicted molar refractivity (Wildman–Crippen MR) is 44.8 cm³/mol. The molecule has 1 amide bonds. The van der Waals surface area contributed by atoms with Crippen molar-refractivity contribution in [1.82, 2.24) is 5.32 Å². The van der Waals surface area contributed by atoms with E-state index in [0.717, 1.165) is 0 Å². The molecule has 5 heteroatoms. The molecule has 0 bridgehead atoms. The van der Waals surface area contributed by atoms with Crippen molar-refractivity contribution < 1.29 is 19.7 Å². The zero-order chi connectivity index (χ0) is 9.84. The average molecular weight is 189 g/mol. The van der Waals surface area contributed by atoms with Gasteiger partial charge in [-0.1, -0.05) is 0 Å². The van der Waals surface area contributed by atoms with Crippen LogP contribution in [-0.2, 0) is 9.53 Å². The van der Waals surface area contributed by atoms with Crippen molar-refractivity contribution in [3.05, 3.63) is 0 Å². The number of nitrogens with one attached hydrogen (secondary N) is 1. The minimum absolute atomic E-state index is 0.170. The summed E-state index contributed by atoms with van der Waals surface area (Å²) < 4.78 is 5.04. The minimum Gasteiger partial charge on any atom is -0.390 e. The van der Waals surface area contributed by atoms with Crippen molar-refractivity contribution in [2.75, 3.05) is 6.54 Å². The quantitative estimate of drug-likeness (QED) is 0.519. The van der Waals surface area contributed by atoms with E-state index in [2.05, 4.69) is 5.32 Å². The molecule has 0 aromatic heterocycles. The van der Waals surface area contributed by atoms with Crippen LogP contribution in [0.25, 0.3) is 0 Å². The van der Waals surface area contributed by atoms with Crippen LogP contribution in [0.1, 0.15) is 19.8 Å². The first kappa shape index (κ1) is 10.4. The fourth-order valence-corrected chi connectivity index (χ4v) is 1.29. The number of carbonyl (C=O) groups is 1. The third-order valence-electron chi connectivity index (χ3n) is 2.02. The summed E-state index contributed by atoms with van der Waals surface area (Å²) in [5.41, 5.74) is 0. The highest BCUT2D eigenvalue weighted by Gasteiger charge is 2.28. The Balaban J connectivity index is 2.33. The molecule has 3 atom stereocenters. The number of amides is 1. The number of aliphatic hydroxyl groups is 2. The molecule has 1 saturated heterocycles. The molecule has 1 aliphatic rings. The summed E-state index contributed by atoms with van der Waals surface area (Å²) in [7, 11) is 0. The molecule has 0 radical (unpaired) electrons. The van der Waals surface area contributed by atoms with Gasteiger partial charge >= 0.3 is 0 Å². The highest BCUT2D eigenvalue weighted by molar-refractivity contribution is 5.72. The van der Waals surface area contributed by atoms with E-state index >= 15 is 0 Å². The smallest absolute Gasteiger partial charge is 0.216 e. The molecule has 3 N–H and O–H groups in total. The van der Waals surface area contributed by atoms with Crippen LogP contribution in [0.15, 0.2) is 0 Å². The number of carbonyl (C=O) groups excluding carboxylic acids is 1. The normalized spacial score (nSPS) is 34.2. The van der Waals surface area contributed by atoms with E-state index in [9.17, 15) is 9.90 Å². The van der Waals surface area contributed by atoms with Crippen molar-refractivity contribution in [3.8, 4) is 0 Å². The van der Waals surface area contributed by atoms with Crippen LogP contribution in [0.3, 0.4) is 0 Å². The largest absolute Gasteiger partial charge is 0.390 e. The first-order valence-corrected chi connectivity index (χ1v) is 4.35. The summed E-state index contributed by atoms with van der Waals surface area (Å²) >= 11 is 0. The van der Waals surface area contributed by atoms with Crippen LogP contribution in [-0.4, -0.2) is 41.2 Å². The van der Waals surface area contributed by atoms with Gasteiger partial charge in [-0.15, -0.1) is 0 Å². The SMILES string of the molecule is CC(=O)NC[C@H]1OC(O)CC[C@@H]1O. The average Bonchev–Trinajstić information content (AvgIpc) is 2.06. The molecule has 0 aromatic rings. The van der Waals surface area contributed by atoms with Crippen molar-refractivity contribution in [2.24, 2.45) is 0 Å². The third-order valence-corrected chi connectivity index (χ3v) is 2.02. The van der Waals surface area contributed by atoms with E-state index < -0.39 is 18.5 Å². The lowest BCUT2D eigenvalue weighted by atomic mass is 10.0. The molecule has 0 aromatic carbocycles. The minimum atomic E-state index is -0.817. The van der Waals surface area contributed by atoms with Crippen molar-refractivity contribution in [3.63, 3.8) is 0 Å². The van der Waals surface area contributed by atoms with Crippen LogP contribution in [0.2, 0.25) is 0 Å². The Morgan fingerprint density at radius 1 is 1.54 bits per heavy atom. The molecule has 0 aliphatic carbocycles. The second-order valence-electron chi connectivity index (χ2n) is 3.21. The highest BCUT2D eigenvalue weighted by atomic mass is 16.6. The Hall–Kier alpha value is -0.650. The van der Waals surface area contributed by atoms with Crippen LogP contribution in [0.5, 0.6) is 0 Å². The van der Waals surface area contributed by atoms with Crippen molar-refractivity contribution in [2.45, 2.75) is 38.3 Å². The van der Waals surface area contributed by atoms with E-state index in [1.807, 2.05) is 0 Å². The second-order valence-corrected chi connectivity index (χ2v) is 3.21. The second kappa shape index (κ2) is 4.55. The Labute approximate surface area is 76.7 Å². The molecular formula is C8H15NO4. The third kappa shape index (κ3) is 3.30. The van der Waals surface area contributed by atoms with Gasteiger partial charge in [-0.2, -0.15) is 0 Å². The lowest BCUT2D eigenvalue weighted by Crippen LogP contribution is -2.45. The van der Waals surface area contributed by atoms with Gasteiger partial charge in [0.2, 0.25) is 5.91 Å². The van der Waals surface area contributed by atoms with Gasteiger partial charge in [0, 0.05) is 19.9 Å². The Morgan fingerprint density at radius 3 is 2.85 bits per heavy atom. The van der Waals surface area contributed by atoms with Crippen LogP contribution in [0, 0.1) is 0 Å². The molecule has 1 fully saturated rings. The summed E-state index contributed by atoms with van der Waals surface area (Å²) in [5.74, 6) is -0.170. The van der Waals surface area contributed by atoms with Gasteiger partial charge in [0.15, 0.2) is 6.29 Å². The van der Waals surface area contributed by atoms with Gasteiger partial charge in [-0.3, -0.25) is 4.79 Å². The number of ether oxygens (including phenoxy) is 1. The molecule has 1 unspecified atom stereocenters. The maximum Gasteiger partial charge on any atom is 0.216 e. The first-order chi connectivity index (χ1) is 6.09. The highest BCUT2D eigenvalue weighted by Crippen LogP contribution is 2.17. The molecule has 1 heterocycles. The zero-order valence-corrected chi connectivity index (χ0v) is 7.56. The number of hydrogen-bond acceptors (Lipinski definition) is 4. The summed E-state index contributed by atoms with van der Waals surface area (Å²) in [6.45, 7) is 1.64. The number of aliphatic hydroxyl groups excluding tert-OH is 2. The van der Waals surface area contributed by atoms with Gasteiger partial charge in [-0.05, 0) is 6.42 Å². The fourth-order valence-electron chi connectivity index (χ4n) is 1.29. The van der Waals surface area contributed by atoms with E-state index in [1.54, 1.807) is 0 Å². The summed E-state index contributed by atoms with van der Waals surface area (Å²) in [6, 6.07) is 0. The van der Waals surface area contributed by atoms with Gasteiger partial charge in [0.05, 0.1) is 6.10 Å². The predicted octanol–water partition coefficient (Wildman–Crippen LogP) is -1.02. The van der Waals surface area contributed by atoms with Crippen LogP contribution >= 0.6 is 0 Å². The monoisotopic (exact) mass is 189 g/mol. The maximum absolute atomic E-state index is 10.6. The Bertz CT molecular complexity index is 185. The van der Waals surface area contributed by atoms with Gasteiger partial charge in [0.25, 0.3) is 0 Å². The lowest BCUT2D eigenvalue weighted by Gasteiger charge is -2.31. The lowest BCUT2D eigenvalue weighted by molar-refractivity contribution is -0.197. The van der Waals surface area contributed by atoms with Crippen LogP contribution < -0.4 is 5.32 Å². The standard InChI is InChI=1S/C8H15NO4/c1-5(10)9-4-7-6(11)2-3-8(12)13-7/h6-8,11-12H,2-4H2,1H3,(H,9,10)/t6-,7+,8?/m0/s1. The Morgan fingerprint density at radius 2 is 2.23 bits per heavy atom. The van der Waals surface area contributed by atoms with Gasteiger partial charge < -0.3 is 20.3 Å². The number of rotatable bonds is 2. The van der Waals surface area contributed by atoms with E-state index in [0.29, 0.717) is 12.8 Å². The molecule has 0 saturated carbocycles. The number of hydrogen-bond donors (Lipinski definition) is 3. The van der Waals surface area contributed by atoms with E-state index in [-0.39, 0.29) is 12.5 Å². The topological polar surface area (TPSA) is 78.8 Å². The zero-order valence-electron chi connectivity index (χ0n) is 7.56. The van der Waals surface area contributed by atoms with Gasteiger partial charge in [-0.25, -0.2) is 0 Å². The summed E-state index contributed by atoms with van der Waals surface area (Å²) in [4.78, 5) is 10.6. The Kier molecular flexibility index (Phi) is 3.65. The van der Waals surface area contributed by atoms with E-state index in [4.69, 9.17) is 9.84 Å². The molecule has 76 valence electrons. The summed E-state index contributed by atoms with van der Waals surface area (Å²) in [5, 5.41) is 21.1. The van der Waals surface area contributed by atoms with Crippen molar-refractivity contribution >= 4 is 5.91 Å². The van der Waals surface area contributed by atoms with E-state index in [1.165, 1.54) is 6.92 Å². The maximum atomic E-state index is 10.6. The molecule has 13 heavy (non-hydrogen) atoms. The molecule has 0 spiro atoms. The summed E-state index contributed by atoms with van der Waals surface area (Å²) in [6.07, 6.45) is -0.964. The van der Waals surface area contributed by atoms with Crippen LogP contribution in [0.4, 0.5) is 0 Å². The fraction of sp³-hybridized carbons (Fsp3) is 0.875. The van der Waals surface area contributed by atoms with Crippen molar-refractivity contribution in [1.29, 1.82) is 0 Å². The molecule has 5 nitrogen and oxygen atoms in total. The van der Waals surface area contributed by atoms with Gasteiger partial charge in [0.1, 0.15) is 6.10 Å². The molecule has 1 aliphatic heterocycles. The molecule has 1 rings (SSSR count). The molecular weight excluding hydrogens is 174 g/mol. The first-order valence-electron chi connectivity index (χ1n) is 4.35.